The van der Waals surface area contributed by atoms with E-state index in [1.165, 1.54) is 0 Å². The van der Waals surface area contributed by atoms with Gasteiger partial charge in [0.15, 0.2) is 0 Å². The molecule has 0 bridgehead atoms. The quantitative estimate of drug-likeness (QED) is 0.681. The lowest BCUT2D eigenvalue weighted by atomic mass is 9.89. The smallest absolute Gasteiger partial charge is 0.134 e. The van der Waals surface area contributed by atoms with Gasteiger partial charge in [0.25, 0.3) is 0 Å². The van der Waals surface area contributed by atoms with E-state index in [4.69, 9.17) is 5.26 Å². The number of piperidine rings is 1. The molecule has 102 valence electrons. The molecule has 0 amide bonds. The van der Waals surface area contributed by atoms with Crippen molar-refractivity contribution in [1.82, 2.24) is 4.90 Å². The molecule has 0 aliphatic carbocycles. The number of carbonyl (C=O) groups is 1. The Morgan fingerprint density at radius 2 is 2.17 bits per heavy atom. The molecule has 1 fully saturated rings. The summed E-state index contributed by atoms with van der Waals surface area (Å²) in [7, 11) is 0. The van der Waals surface area contributed by atoms with Crippen LogP contribution in [0.3, 0.4) is 0 Å². The van der Waals surface area contributed by atoms with E-state index in [-0.39, 0.29) is 11.3 Å². The molecule has 0 N–H and O–H groups in total. The Morgan fingerprint density at radius 1 is 1.44 bits per heavy atom. The van der Waals surface area contributed by atoms with Crippen molar-refractivity contribution in [3.63, 3.8) is 0 Å². The summed E-state index contributed by atoms with van der Waals surface area (Å²) in [5.74, 6) is 0.597. The molecule has 0 radical (unpaired) electrons. The SMILES string of the molecule is CC(=O)C1CCCN(CCCCC(C)(C)C#N)C1. The van der Waals surface area contributed by atoms with Crippen LogP contribution >= 0.6 is 0 Å². The Morgan fingerprint density at radius 3 is 2.78 bits per heavy atom. The highest BCUT2D eigenvalue weighted by atomic mass is 16.1. The van der Waals surface area contributed by atoms with Crippen LogP contribution in [0.4, 0.5) is 0 Å². The number of likely N-dealkylation sites (tertiary alicyclic amines) is 1. The number of Topliss-reactive ketones (excluding diaryl/α,β-unsaturated/α-hetero) is 1. The molecular formula is C15H26N2O. The molecule has 0 aromatic heterocycles. The van der Waals surface area contributed by atoms with Crippen molar-refractivity contribution >= 4 is 5.78 Å². The van der Waals surface area contributed by atoms with Gasteiger partial charge in [-0.25, -0.2) is 0 Å². The molecule has 0 aromatic carbocycles. The number of ketones is 1. The van der Waals surface area contributed by atoms with Crippen LogP contribution in [0.25, 0.3) is 0 Å². The second-order valence-electron chi connectivity index (χ2n) is 6.20. The van der Waals surface area contributed by atoms with Crippen LogP contribution in [0.1, 0.15) is 52.9 Å². The normalized spacial score (nSPS) is 21.6. The third-order valence-electron chi connectivity index (χ3n) is 3.91. The second kappa shape index (κ2) is 6.89. The number of nitriles is 1. The Hall–Kier alpha value is -0.880. The van der Waals surface area contributed by atoms with Gasteiger partial charge in [-0.3, -0.25) is 4.79 Å². The summed E-state index contributed by atoms with van der Waals surface area (Å²) in [5.41, 5.74) is -0.191. The molecular weight excluding hydrogens is 224 g/mol. The first-order chi connectivity index (χ1) is 8.44. The van der Waals surface area contributed by atoms with Crippen molar-refractivity contribution < 1.29 is 4.79 Å². The van der Waals surface area contributed by atoms with Crippen LogP contribution in [-0.4, -0.2) is 30.3 Å². The summed E-state index contributed by atoms with van der Waals surface area (Å²) < 4.78 is 0. The lowest BCUT2D eigenvalue weighted by Gasteiger charge is -2.31. The largest absolute Gasteiger partial charge is 0.303 e. The van der Waals surface area contributed by atoms with Gasteiger partial charge in [0.05, 0.1) is 11.5 Å². The lowest BCUT2D eigenvalue weighted by Crippen LogP contribution is -2.38. The molecule has 1 unspecified atom stereocenters. The summed E-state index contributed by atoms with van der Waals surface area (Å²) in [4.78, 5) is 13.8. The average Bonchev–Trinajstić information content (AvgIpc) is 2.35. The van der Waals surface area contributed by atoms with E-state index >= 15 is 0 Å². The number of rotatable bonds is 6. The minimum absolute atomic E-state index is 0.191. The molecule has 0 spiro atoms. The minimum atomic E-state index is -0.191. The number of nitrogens with zero attached hydrogens (tertiary/aromatic N) is 2. The predicted molar refractivity (Wildman–Crippen MR) is 73.1 cm³/mol. The van der Waals surface area contributed by atoms with Crippen molar-refractivity contribution in [2.45, 2.75) is 52.9 Å². The Bertz CT molecular complexity index is 317. The van der Waals surface area contributed by atoms with Crippen LogP contribution in [0, 0.1) is 22.7 Å². The molecule has 1 saturated heterocycles. The van der Waals surface area contributed by atoms with E-state index in [9.17, 15) is 4.79 Å². The van der Waals surface area contributed by atoms with Gasteiger partial charge in [-0.1, -0.05) is 6.42 Å². The van der Waals surface area contributed by atoms with E-state index in [0.29, 0.717) is 5.78 Å². The number of unbranched alkanes of at least 4 members (excludes halogenated alkanes) is 1. The highest BCUT2D eigenvalue weighted by Crippen LogP contribution is 2.22. The summed E-state index contributed by atoms with van der Waals surface area (Å²) in [6.07, 6.45) is 5.41. The van der Waals surface area contributed by atoms with Crippen LogP contribution < -0.4 is 0 Å². The maximum atomic E-state index is 11.4. The van der Waals surface area contributed by atoms with Crippen LogP contribution in [0.15, 0.2) is 0 Å². The zero-order chi connectivity index (χ0) is 13.6. The third kappa shape index (κ3) is 5.18. The molecule has 1 atom stereocenters. The van der Waals surface area contributed by atoms with Crippen molar-refractivity contribution in [2.75, 3.05) is 19.6 Å². The molecule has 1 aliphatic rings. The summed E-state index contributed by atoms with van der Waals surface area (Å²) >= 11 is 0. The fourth-order valence-electron chi connectivity index (χ4n) is 2.55. The van der Waals surface area contributed by atoms with Crippen LogP contribution in [0.2, 0.25) is 0 Å². The Kier molecular flexibility index (Phi) is 5.81. The molecule has 0 aromatic rings. The van der Waals surface area contributed by atoms with E-state index in [2.05, 4.69) is 11.0 Å². The van der Waals surface area contributed by atoms with E-state index in [0.717, 1.165) is 51.7 Å². The molecule has 3 nitrogen and oxygen atoms in total. The van der Waals surface area contributed by atoms with Gasteiger partial charge >= 0.3 is 0 Å². The van der Waals surface area contributed by atoms with Crippen molar-refractivity contribution in [3.8, 4) is 6.07 Å². The molecule has 18 heavy (non-hydrogen) atoms. The van der Waals surface area contributed by atoms with E-state index < -0.39 is 0 Å². The second-order valence-corrected chi connectivity index (χ2v) is 6.20. The topological polar surface area (TPSA) is 44.1 Å². The zero-order valence-electron chi connectivity index (χ0n) is 12.0. The monoisotopic (exact) mass is 250 g/mol. The lowest BCUT2D eigenvalue weighted by molar-refractivity contribution is -0.122. The first-order valence-corrected chi connectivity index (χ1v) is 7.09. The van der Waals surface area contributed by atoms with Crippen LogP contribution in [-0.2, 0) is 4.79 Å². The number of hydrogen-bond donors (Lipinski definition) is 0. The summed E-state index contributed by atoms with van der Waals surface area (Å²) in [6.45, 7) is 8.86. The Labute approximate surface area is 111 Å². The summed E-state index contributed by atoms with van der Waals surface area (Å²) in [5, 5.41) is 8.94. The van der Waals surface area contributed by atoms with E-state index in [1.54, 1.807) is 6.92 Å². The van der Waals surface area contributed by atoms with Gasteiger partial charge in [0, 0.05) is 12.5 Å². The molecule has 3 heteroatoms. The molecule has 1 aliphatic heterocycles. The van der Waals surface area contributed by atoms with Crippen LogP contribution in [0.5, 0.6) is 0 Å². The zero-order valence-corrected chi connectivity index (χ0v) is 12.0. The van der Waals surface area contributed by atoms with Gasteiger partial charge in [-0.2, -0.15) is 5.26 Å². The van der Waals surface area contributed by atoms with Gasteiger partial charge in [0.2, 0.25) is 0 Å². The number of hydrogen-bond acceptors (Lipinski definition) is 3. The maximum absolute atomic E-state index is 11.4. The van der Waals surface area contributed by atoms with Gasteiger partial charge < -0.3 is 4.90 Å². The average molecular weight is 250 g/mol. The Balaban J connectivity index is 2.20. The third-order valence-corrected chi connectivity index (χ3v) is 3.91. The number of carbonyl (C=O) groups excluding carboxylic acids is 1. The van der Waals surface area contributed by atoms with Gasteiger partial charge in [0.1, 0.15) is 5.78 Å². The predicted octanol–water partition coefficient (Wildman–Crippen LogP) is 3.01. The summed E-state index contributed by atoms with van der Waals surface area (Å²) in [6, 6.07) is 2.34. The minimum Gasteiger partial charge on any atom is -0.303 e. The van der Waals surface area contributed by atoms with Gasteiger partial charge in [-0.05, 0) is 59.5 Å². The first-order valence-electron chi connectivity index (χ1n) is 7.09. The van der Waals surface area contributed by atoms with Crippen molar-refractivity contribution in [1.29, 1.82) is 5.26 Å². The standard InChI is InChI=1S/C15H26N2O/c1-13(18)14-7-6-10-17(11-14)9-5-4-8-15(2,3)12-16/h14H,4-11H2,1-3H3. The maximum Gasteiger partial charge on any atom is 0.134 e. The highest BCUT2D eigenvalue weighted by molar-refractivity contribution is 5.78. The first kappa shape index (κ1) is 15.2. The van der Waals surface area contributed by atoms with E-state index in [1.807, 2.05) is 13.8 Å². The van der Waals surface area contributed by atoms with Crippen molar-refractivity contribution in [3.05, 3.63) is 0 Å². The molecule has 1 rings (SSSR count). The molecule has 0 saturated carbocycles. The van der Waals surface area contributed by atoms with Gasteiger partial charge in [-0.15, -0.1) is 0 Å². The van der Waals surface area contributed by atoms with Crippen molar-refractivity contribution in [2.24, 2.45) is 11.3 Å². The fourth-order valence-corrected chi connectivity index (χ4v) is 2.55. The highest BCUT2D eigenvalue weighted by Gasteiger charge is 2.23. The fraction of sp³-hybridized carbons (Fsp3) is 0.867. The molecule has 1 heterocycles.